The van der Waals surface area contributed by atoms with Gasteiger partial charge in [0.25, 0.3) is 0 Å². The lowest BCUT2D eigenvalue weighted by atomic mass is 10.1. The van der Waals surface area contributed by atoms with Crippen LogP contribution < -0.4 is 0 Å². The second-order valence-corrected chi connectivity index (χ2v) is 5.95. The van der Waals surface area contributed by atoms with Gasteiger partial charge >= 0.3 is 11.1 Å². The molecule has 0 bridgehead atoms. The summed E-state index contributed by atoms with van der Waals surface area (Å²) >= 11 is 0. The minimum absolute atomic E-state index is 0.0803. The first-order valence-corrected chi connectivity index (χ1v) is 5.41. The molecule has 0 amide bonds. The molecule has 0 fully saturated rings. The van der Waals surface area contributed by atoms with Crippen LogP contribution in [-0.2, 0) is 0 Å². The van der Waals surface area contributed by atoms with Crippen molar-refractivity contribution in [3.05, 3.63) is 10.4 Å². The normalized spacial score (nSPS) is 14.0. The van der Waals surface area contributed by atoms with Gasteiger partial charge in [-0.3, -0.25) is 9.48 Å². The smallest absolute Gasteiger partial charge is 0.254 e. The van der Waals surface area contributed by atoms with Crippen LogP contribution in [0.1, 0.15) is 41.5 Å². The van der Waals surface area contributed by atoms with Crippen molar-refractivity contribution in [3.8, 4) is 0 Å². The van der Waals surface area contributed by atoms with Crippen LogP contribution in [0.25, 0.3) is 10.4 Å². The third-order valence-corrected chi connectivity index (χ3v) is 2.75. The van der Waals surface area contributed by atoms with Crippen molar-refractivity contribution in [1.82, 2.24) is 4.90 Å². The summed E-state index contributed by atoms with van der Waals surface area (Å²) < 4.78 is 1.98. The van der Waals surface area contributed by atoms with E-state index in [0.717, 1.165) is 0 Å². The van der Waals surface area contributed by atoms with Gasteiger partial charge in [0.05, 0.1) is 25.2 Å². The van der Waals surface area contributed by atoms with E-state index in [-0.39, 0.29) is 11.1 Å². The highest BCUT2D eigenvalue weighted by Crippen LogP contribution is 2.14. The van der Waals surface area contributed by atoms with Crippen molar-refractivity contribution in [2.75, 3.05) is 14.1 Å². The second-order valence-electron chi connectivity index (χ2n) is 5.95. The average molecular weight is 226 g/mol. The largest absolute Gasteiger partial charge is 0.476 e. The summed E-state index contributed by atoms with van der Waals surface area (Å²) in [7, 11) is 3.87. The predicted molar refractivity (Wildman–Crippen MR) is 67.6 cm³/mol. The molecule has 16 heavy (non-hydrogen) atoms. The molecule has 0 aromatic carbocycles. The molecule has 0 spiro atoms. The van der Waals surface area contributed by atoms with Gasteiger partial charge in [0, 0.05) is 5.53 Å². The summed E-state index contributed by atoms with van der Waals surface area (Å²) in [4.78, 5) is 4.89. The van der Waals surface area contributed by atoms with E-state index in [4.69, 9.17) is 5.53 Å². The maximum Gasteiger partial charge on any atom is 0.476 e. The summed E-state index contributed by atoms with van der Waals surface area (Å²) in [6.45, 7) is 12.5. The molecule has 0 N–H and O–H groups in total. The van der Waals surface area contributed by atoms with Gasteiger partial charge in [-0.25, -0.2) is 0 Å². The molecular weight excluding hydrogens is 202 g/mol. The van der Waals surface area contributed by atoms with Crippen LogP contribution in [0, 0.1) is 0 Å². The van der Waals surface area contributed by atoms with Gasteiger partial charge < -0.3 is 0 Å². The Morgan fingerprint density at radius 3 is 1.88 bits per heavy atom. The van der Waals surface area contributed by atoms with E-state index in [0.29, 0.717) is 5.96 Å². The van der Waals surface area contributed by atoms with E-state index in [9.17, 15) is 0 Å². The lowest BCUT2D eigenvalue weighted by Gasteiger charge is -2.28. The quantitative estimate of drug-likeness (QED) is 0.156. The van der Waals surface area contributed by atoms with Gasteiger partial charge in [0.2, 0.25) is 4.91 Å². The highest BCUT2D eigenvalue weighted by molar-refractivity contribution is 5.76. The first kappa shape index (κ1) is 14.8. The fourth-order valence-electron chi connectivity index (χ4n) is 0.999. The minimum Gasteiger partial charge on any atom is -0.254 e. The molecule has 0 saturated carbocycles. The third-order valence-electron chi connectivity index (χ3n) is 2.75. The third kappa shape index (κ3) is 3.74. The molecule has 0 aliphatic heterocycles. The molecule has 0 aliphatic carbocycles. The molecule has 0 saturated heterocycles. The van der Waals surface area contributed by atoms with E-state index < -0.39 is 0 Å². The van der Waals surface area contributed by atoms with Crippen molar-refractivity contribution >= 4 is 5.96 Å². The Bertz CT molecular complexity index is 323. The Kier molecular flexibility index (Phi) is 4.38. The van der Waals surface area contributed by atoms with Crippen molar-refractivity contribution in [3.63, 3.8) is 0 Å². The highest BCUT2D eigenvalue weighted by Gasteiger charge is 2.35. The fourth-order valence-corrected chi connectivity index (χ4v) is 0.999. The zero-order valence-corrected chi connectivity index (χ0v) is 11.7. The second kappa shape index (κ2) is 4.74. The Hall–Kier alpha value is -1.22. The monoisotopic (exact) mass is 226 g/mol. The van der Waals surface area contributed by atoms with Crippen LogP contribution in [0.2, 0.25) is 0 Å². The van der Waals surface area contributed by atoms with Crippen LogP contribution in [0.5, 0.6) is 0 Å². The van der Waals surface area contributed by atoms with E-state index in [1.807, 2.05) is 23.6 Å². The summed E-state index contributed by atoms with van der Waals surface area (Å²) in [6, 6.07) is 0. The summed E-state index contributed by atoms with van der Waals surface area (Å²) in [6.07, 6.45) is 0. The summed E-state index contributed by atoms with van der Waals surface area (Å²) in [5, 5.41) is 3.81. The van der Waals surface area contributed by atoms with E-state index in [1.54, 1.807) is 0 Å². The molecule has 0 heterocycles. The lowest BCUT2D eigenvalue weighted by Crippen LogP contribution is -2.48. The number of hydrogen-bond acceptors (Lipinski definition) is 0. The molecule has 0 aromatic heterocycles. The number of hydrogen-bond donors (Lipinski definition) is 0. The summed E-state index contributed by atoms with van der Waals surface area (Å²) in [5.41, 5.74) is 8.49. The van der Waals surface area contributed by atoms with Gasteiger partial charge in [-0.2, -0.15) is 0 Å². The van der Waals surface area contributed by atoms with Crippen LogP contribution in [0.4, 0.5) is 0 Å². The van der Waals surface area contributed by atoms with Gasteiger partial charge in [-0.15, -0.1) is 0 Å². The lowest BCUT2D eigenvalue weighted by molar-refractivity contribution is -0.575. The molecule has 5 heteroatoms. The van der Waals surface area contributed by atoms with Crippen LogP contribution in [0.15, 0.2) is 5.11 Å². The topological polar surface area (TPSA) is 55.0 Å². The van der Waals surface area contributed by atoms with Crippen LogP contribution >= 0.6 is 0 Å². The Morgan fingerprint density at radius 1 is 1.19 bits per heavy atom. The zero-order valence-electron chi connectivity index (χ0n) is 11.7. The maximum absolute atomic E-state index is 8.65. The number of nitrogens with zero attached hydrogens (tertiary/aromatic N) is 5. The number of guanidine groups is 1. The molecule has 5 nitrogen and oxygen atoms in total. The Labute approximate surface area is 98.4 Å². The Morgan fingerprint density at radius 2 is 1.62 bits per heavy atom. The first-order valence-electron chi connectivity index (χ1n) is 5.41. The van der Waals surface area contributed by atoms with Crippen molar-refractivity contribution in [2.24, 2.45) is 5.11 Å². The van der Waals surface area contributed by atoms with Crippen LogP contribution in [0.3, 0.4) is 0 Å². The SMILES string of the molecule is CN(/C(N=[N+]=[N-])=[N+](/C)C(C)(C)C)C(C)(C)C. The van der Waals surface area contributed by atoms with Gasteiger partial charge in [-0.05, 0) is 41.5 Å². The van der Waals surface area contributed by atoms with Crippen molar-refractivity contribution in [2.45, 2.75) is 52.6 Å². The van der Waals surface area contributed by atoms with E-state index in [2.05, 4.69) is 51.6 Å². The van der Waals surface area contributed by atoms with Gasteiger partial charge in [-0.1, -0.05) is 0 Å². The minimum atomic E-state index is -0.0803. The molecular formula is C11H24N5+. The van der Waals surface area contributed by atoms with Crippen molar-refractivity contribution < 1.29 is 4.58 Å². The predicted octanol–water partition coefficient (Wildman–Crippen LogP) is 2.82. The molecule has 0 unspecified atom stereocenters. The molecule has 0 aliphatic rings. The molecule has 0 radical (unpaired) electrons. The molecule has 0 rings (SSSR count). The van der Waals surface area contributed by atoms with Gasteiger partial charge in [0.1, 0.15) is 0 Å². The van der Waals surface area contributed by atoms with Gasteiger partial charge in [0.15, 0.2) is 0 Å². The highest BCUT2D eigenvalue weighted by atomic mass is 15.4. The average Bonchev–Trinajstić information content (AvgIpc) is 2.09. The first-order chi connectivity index (χ1) is 7.01. The molecule has 0 aromatic rings. The van der Waals surface area contributed by atoms with E-state index >= 15 is 0 Å². The Balaban J connectivity index is 5.59. The number of rotatable bonds is 0. The van der Waals surface area contributed by atoms with Crippen LogP contribution in [-0.4, -0.2) is 40.6 Å². The standard InChI is InChI=1S/C11H24N5/c1-10(2,3)15(7)9(13-14-12)16(8)11(4,5)6/h1-8H3/q+1. The maximum atomic E-state index is 8.65. The zero-order chi connectivity index (χ0) is 13.1. The van der Waals surface area contributed by atoms with E-state index in [1.165, 1.54) is 0 Å². The number of azide groups is 1. The molecule has 92 valence electrons. The fraction of sp³-hybridized carbons (Fsp3) is 0.909. The summed E-state index contributed by atoms with van der Waals surface area (Å²) in [5.74, 6) is 0.641. The molecule has 0 atom stereocenters. The van der Waals surface area contributed by atoms with Crippen molar-refractivity contribution in [1.29, 1.82) is 0 Å².